The predicted octanol–water partition coefficient (Wildman–Crippen LogP) is 4.21. The molecule has 0 amide bonds. The first kappa shape index (κ1) is 24.1. The zero-order valence-electron chi connectivity index (χ0n) is 18.9. The van der Waals surface area contributed by atoms with E-state index in [0.717, 1.165) is 36.9 Å². The van der Waals surface area contributed by atoms with Crippen molar-refractivity contribution >= 4 is 17.5 Å². The van der Waals surface area contributed by atoms with Crippen LogP contribution < -0.4 is 15.5 Å². The molecule has 2 aromatic rings. The summed E-state index contributed by atoms with van der Waals surface area (Å²) in [5.41, 5.74) is 2.38. The lowest BCUT2D eigenvalue weighted by molar-refractivity contribution is 0.126. The van der Waals surface area contributed by atoms with Gasteiger partial charge in [0.1, 0.15) is 12.0 Å². The van der Waals surface area contributed by atoms with Crippen LogP contribution >= 0.6 is 0 Å². The van der Waals surface area contributed by atoms with Crippen molar-refractivity contribution in [3.63, 3.8) is 0 Å². The molecule has 1 saturated carbocycles. The van der Waals surface area contributed by atoms with Crippen LogP contribution in [0, 0.1) is 0 Å². The third kappa shape index (κ3) is 6.72. The maximum Gasteiger partial charge on any atom is 0.224 e. The molecule has 2 aromatic heterocycles. The van der Waals surface area contributed by atoms with E-state index in [4.69, 9.17) is 0 Å². The van der Waals surface area contributed by atoms with Gasteiger partial charge in [-0.3, -0.25) is 9.37 Å². The number of aromatic nitrogens is 3. The highest BCUT2D eigenvalue weighted by Crippen LogP contribution is 2.30. The van der Waals surface area contributed by atoms with E-state index >= 15 is 0 Å². The Kier molecular flexibility index (Phi) is 8.96. The molecule has 0 spiro atoms. The van der Waals surface area contributed by atoms with Gasteiger partial charge in [-0.15, -0.1) is 0 Å². The highest BCUT2D eigenvalue weighted by molar-refractivity contribution is 5.75. The van der Waals surface area contributed by atoms with E-state index in [0.29, 0.717) is 36.8 Å². The van der Waals surface area contributed by atoms with Crippen LogP contribution in [0.25, 0.3) is 11.3 Å². The van der Waals surface area contributed by atoms with Gasteiger partial charge in [0.25, 0.3) is 0 Å². The zero-order chi connectivity index (χ0) is 22.9. The van der Waals surface area contributed by atoms with Gasteiger partial charge < -0.3 is 20.6 Å². The molecule has 0 unspecified atom stereocenters. The highest BCUT2D eigenvalue weighted by Gasteiger charge is 2.22. The van der Waals surface area contributed by atoms with Crippen LogP contribution in [-0.2, 0) is 0 Å². The van der Waals surface area contributed by atoms with Gasteiger partial charge in [0.15, 0.2) is 0 Å². The van der Waals surface area contributed by atoms with Crippen LogP contribution in [-0.4, -0.2) is 65.2 Å². The zero-order valence-corrected chi connectivity index (χ0v) is 18.9. The fourth-order valence-corrected chi connectivity index (χ4v) is 3.75. The molecule has 0 radical (unpaired) electrons. The van der Waals surface area contributed by atoms with Gasteiger partial charge in [-0.05, 0) is 50.7 Å². The lowest BCUT2D eigenvalue weighted by atomic mass is 9.93. The monoisotopic (exact) mass is 448 g/mol. The Morgan fingerprint density at radius 2 is 2.03 bits per heavy atom. The van der Waals surface area contributed by atoms with Crippen molar-refractivity contribution in [1.82, 2.24) is 15.0 Å². The van der Waals surface area contributed by atoms with Crippen molar-refractivity contribution in [1.29, 1.82) is 0 Å². The third-order valence-electron chi connectivity index (χ3n) is 5.84. The van der Waals surface area contributed by atoms with Crippen LogP contribution in [0.1, 0.15) is 45.4 Å². The van der Waals surface area contributed by atoms with E-state index in [1.165, 1.54) is 0 Å². The summed E-state index contributed by atoms with van der Waals surface area (Å²) in [4.78, 5) is 15.5. The molecule has 1 fully saturated rings. The molecular weight excluding hydrogens is 414 g/mol. The van der Waals surface area contributed by atoms with Gasteiger partial charge >= 0.3 is 0 Å². The summed E-state index contributed by atoms with van der Waals surface area (Å²) in [6.07, 6.45) is 6.27. The van der Waals surface area contributed by atoms with Crippen LogP contribution in [0.4, 0.5) is 26.2 Å². The number of alkyl halides is 2. The molecule has 3 rings (SSSR count). The van der Waals surface area contributed by atoms with E-state index in [2.05, 4.69) is 25.6 Å². The minimum atomic E-state index is -0.965. The van der Waals surface area contributed by atoms with E-state index < -0.39 is 6.17 Å². The van der Waals surface area contributed by atoms with Gasteiger partial charge in [-0.25, -0.2) is 9.37 Å². The number of hydrogen-bond donors (Lipinski definition) is 3. The topological polar surface area (TPSA) is 86.2 Å². The number of aliphatic hydroxyl groups excluding tert-OH is 1. The minimum absolute atomic E-state index is 0.151. The SMILES string of the molecule is CC[C@H](F)CNc1ncc(-c2cc(N(C)CCCF)ccn2)c(NC2CCC(O)CC2)n1. The van der Waals surface area contributed by atoms with Crippen molar-refractivity contribution in [2.45, 2.75) is 63.8 Å². The summed E-state index contributed by atoms with van der Waals surface area (Å²) in [6.45, 7) is 2.20. The predicted molar refractivity (Wildman–Crippen MR) is 125 cm³/mol. The first-order valence-electron chi connectivity index (χ1n) is 11.4. The quantitative estimate of drug-likeness (QED) is 0.475. The Morgan fingerprint density at radius 1 is 1.25 bits per heavy atom. The summed E-state index contributed by atoms with van der Waals surface area (Å²) in [5.74, 6) is 0.992. The number of aliphatic hydroxyl groups is 1. The molecule has 9 heteroatoms. The number of rotatable bonds is 11. The molecule has 3 N–H and O–H groups in total. The van der Waals surface area contributed by atoms with E-state index in [9.17, 15) is 13.9 Å². The number of pyridine rings is 1. The van der Waals surface area contributed by atoms with E-state index in [1.54, 1.807) is 19.3 Å². The molecule has 0 aromatic carbocycles. The van der Waals surface area contributed by atoms with Crippen molar-refractivity contribution in [2.24, 2.45) is 0 Å². The molecular formula is C23H34F2N6O. The number of halogens is 2. The molecule has 1 atom stereocenters. The summed E-state index contributed by atoms with van der Waals surface area (Å²) in [7, 11) is 1.92. The van der Waals surface area contributed by atoms with Crippen molar-refractivity contribution < 1.29 is 13.9 Å². The minimum Gasteiger partial charge on any atom is -0.393 e. The molecule has 176 valence electrons. The second-order valence-electron chi connectivity index (χ2n) is 8.36. The average Bonchev–Trinajstić information content (AvgIpc) is 2.82. The molecule has 2 heterocycles. The smallest absolute Gasteiger partial charge is 0.224 e. The van der Waals surface area contributed by atoms with E-state index in [1.807, 2.05) is 24.1 Å². The van der Waals surface area contributed by atoms with Crippen molar-refractivity contribution in [3.05, 3.63) is 24.5 Å². The van der Waals surface area contributed by atoms with Gasteiger partial charge in [-0.1, -0.05) is 6.92 Å². The Hall–Kier alpha value is -2.55. The van der Waals surface area contributed by atoms with Gasteiger partial charge in [0.05, 0.1) is 24.0 Å². The normalized spacial score (nSPS) is 19.4. The van der Waals surface area contributed by atoms with Gasteiger partial charge in [0.2, 0.25) is 5.95 Å². The highest BCUT2D eigenvalue weighted by atomic mass is 19.1. The Bertz CT molecular complexity index is 847. The molecule has 1 aliphatic rings. The number of nitrogens with one attached hydrogen (secondary N) is 2. The average molecular weight is 449 g/mol. The molecule has 32 heavy (non-hydrogen) atoms. The number of anilines is 3. The number of nitrogens with zero attached hydrogens (tertiary/aromatic N) is 4. The van der Waals surface area contributed by atoms with Crippen LogP contribution in [0.2, 0.25) is 0 Å². The maximum absolute atomic E-state index is 13.7. The second kappa shape index (κ2) is 11.9. The molecule has 0 bridgehead atoms. The summed E-state index contributed by atoms with van der Waals surface area (Å²) in [5, 5.41) is 16.3. The van der Waals surface area contributed by atoms with Crippen LogP contribution in [0.5, 0.6) is 0 Å². The molecule has 7 nitrogen and oxygen atoms in total. The fourth-order valence-electron chi connectivity index (χ4n) is 3.75. The van der Waals surface area contributed by atoms with E-state index in [-0.39, 0.29) is 25.4 Å². The summed E-state index contributed by atoms with van der Waals surface area (Å²) >= 11 is 0. The van der Waals surface area contributed by atoms with Crippen molar-refractivity contribution in [2.75, 3.05) is 42.3 Å². The molecule has 0 saturated heterocycles. The number of hydrogen-bond acceptors (Lipinski definition) is 7. The Balaban J connectivity index is 1.86. The standard InChI is InChI=1S/C23H34F2N6O/c1-3-16(25)14-27-23-28-15-20(22(30-23)29-17-5-7-19(32)8-6-17)21-13-18(9-11-26-21)31(2)12-4-10-24/h9,11,13,15-17,19,32H,3-8,10,12,14H2,1-2H3,(H2,27,28,29,30)/t16-,17?,19?/m0/s1. The maximum atomic E-state index is 13.7. The lowest BCUT2D eigenvalue weighted by Gasteiger charge is -2.27. The van der Waals surface area contributed by atoms with Crippen molar-refractivity contribution in [3.8, 4) is 11.3 Å². The largest absolute Gasteiger partial charge is 0.393 e. The summed E-state index contributed by atoms with van der Waals surface area (Å²) in [6, 6.07) is 4.01. The molecule has 1 aliphatic carbocycles. The fraction of sp³-hybridized carbons (Fsp3) is 0.609. The first-order valence-corrected chi connectivity index (χ1v) is 11.4. The van der Waals surface area contributed by atoms with Crippen LogP contribution in [0.15, 0.2) is 24.5 Å². The lowest BCUT2D eigenvalue weighted by Crippen LogP contribution is -2.29. The van der Waals surface area contributed by atoms with Gasteiger partial charge in [-0.2, -0.15) is 4.98 Å². The third-order valence-corrected chi connectivity index (χ3v) is 5.84. The van der Waals surface area contributed by atoms with Gasteiger partial charge in [0, 0.05) is 44.3 Å². The Labute approximate surface area is 188 Å². The molecule has 0 aliphatic heterocycles. The second-order valence-corrected chi connectivity index (χ2v) is 8.36. The Morgan fingerprint density at radius 3 is 2.75 bits per heavy atom. The van der Waals surface area contributed by atoms with Crippen LogP contribution in [0.3, 0.4) is 0 Å². The first-order chi connectivity index (χ1) is 15.5. The summed E-state index contributed by atoms with van der Waals surface area (Å²) < 4.78 is 26.3.